The second-order valence-electron chi connectivity index (χ2n) is 4.40. The molecular formula is C12H23NO2. The Hall–Kier alpha value is -0.410. The van der Waals surface area contributed by atoms with Crippen LogP contribution in [0.2, 0.25) is 0 Å². The lowest BCUT2D eigenvalue weighted by atomic mass is 10.1. The molecule has 0 atom stereocenters. The molecule has 0 unspecified atom stereocenters. The van der Waals surface area contributed by atoms with Crippen LogP contribution in [0, 0.1) is 5.92 Å². The lowest BCUT2D eigenvalue weighted by Gasteiger charge is -2.29. The van der Waals surface area contributed by atoms with Gasteiger partial charge in [-0.1, -0.05) is 13.8 Å². The number of aliphatic hydroxyl groups excluding tert-OH is 1. The molecule has 0 amide bonds. The monoisotopic (exact) mass is 213 g/mol. The third kappa shape index (κ3) is 3.92. The Labute approximate surface area is 92.5 Å². The van der Waals surface area contributed by atoms with Crippen molar-refractivity contribution in [1.29, 1.82) is 0 Å². The summed E-state index contributed by atoms with van der Waals surface area (Å²) in [4.78, 5) is 13.8. The van der Waals surface area contributed by atoms with Crippen LogP contribution in [-0.4, -0.2) is 41.5 Å². The number of ketones is 1. The van der Waals surface area contributed by atoms with E-state index in [4.69, 9.17) is 5.11 Å². The van der Waals surface area contributed by atoms with Crippen molar-refractivity contribution in [3.63, 3.8) is 0 Å². The summed E-state index contributed by atoms with van der Waals surface area (Å²) in [5.41, 5.74) is 0. The molecule has 0 aromatic carbocycles. The van der Waals surface area contributed by atoms with Crippen LogP contribution >= 0.6 is 0 Å². The van der Waals surface area contributed by atoms with Crippen LogP contribution in [0.5, 0.6) is 0 Å². The highest BCUT2D eigenvalue weighted by atomic mass is 16.3. The van der Waals surface area contributed by atoms with E-state index in [1.165, 1.54) is 0 Å². The van der Waals surface area contributed by atoms with E-state index in [1.807, 2.05) is 0 Å². The Morgan fingerprint density at radius 2 is 2.00 bits per heavy atom. The van der Waals surface area contributed by atoms with Gasteiger partial charge in [-0.05, 0) is 25.7 Å². The first-order chi connectivity index (χ1) is 7.22. The Kier molecular flexibility index (Phi) is 5.26. The fourth-order valence-electron chi connectivity index (χ4n) is 2.06. The maximum atomic E-state index is 11.7. The van der Waals surface area contributed by atoms with Crippen LogP contribution in [0.1, 0.15) is 39.5 Å². The van der Waals surface area contributed by atoms with Gasteiger partial charge >= 0.3 is 0 Å². The van der Waals surface area contributed by atoms with E-state index in [-0.39, 0.29) is 6.61 Å². The van der Waals surface area contributed by atoms with Crippen molar-refractivity contribution >= 4 is 5.78 Å². The smallest absolute Gasteiger partial charge is 0.149 e. The molecule has 0 aromatic heterocycles. The van der Waals surface area contributed by atoms with Crippen molar-refractivity contribution in [3.8, 4) is 0 Å². The van der Waals surface area contributed by atoms with Crippen LogP contribution in [0.25, 0.3) is 0 Å². The van der Waals surface area contributed by atoms with E-state index in [0.717, 1.165) is 25.7 Å². The number of carbonyl (C=O) groups is 1. The molecular weight excluding hydrogens is 190 g/mol. The molecule has 1 fully saturated rings. The average molecular weight is 213 g/mol. The van der Waals surface area contributed by atoms with Gasteiger partial charge in [-0.3, -0.25) is 9.69 Å². The molecule has 0 heterocycles. The first kappa shape index (κ1) is 12.7. The molecule has 1 N–H and O–H groups in total. The fraction of sp³-hybridized carbons (Fsp3) is 0.917. The average Bonchev–Trinajstić information content (AvgIpc) is 3.03. The van der Waals surface area contributed by atoms with E-state index in [9.17, 15) is 4.79 Å². The molecule has 88 valence electrons. The van der Waals surface area contributed by atoms with Gasteiger partial charge in [0.25, 0.3) is 0 Å². The zero-order valence-corrected chi connectivity index (χ0v) is 9.91. The first-order valence-electron chi connectivity index (χ1n) is 6.10. The largest absolute Gasteiger partial charge is 0.395 e. The van der Waals surface area contributed by atoms with E-state index in [2.05, 4.69) is 18.7 Å². The van der Waals surface area contributed by atoms with Crippen LogP contribution in [0.15, 0.2) is 0 Å². The Morgan fingerprint density at radius 3 is 2.40 bits per heavy atom. The molecule has 0 radical (unpaired) electrons. The van der Waals surface area contributed by atoms with Crippen molar-refractivity contribution in [1.82, 2.24) is 4.90 Å². The zero-order chi connectivity index (χ0) is 11.3. The number of hydrogen-bond donors (Lipinski definition) is 1. The lowest BCUT2D eigenvalue weighted by Crippen LogP contribution is -2.40. The highest BCUT2D eigenvalue weighted by Gasteiger charge is 2.31. The Morgan fingerprint density at radius 1 is 1.40 bits per heavy atom. The molecule has 0 aliphatic heterocycles. The van der Waals surface area contributed by atoms with Crippen molar-refractivity contribution in [3.05, 3.63) is 0 Å². The highest BCUT2D eigenvalue weighted by Crippen LogP contribution is 2.30. The summed E-state index contributed by atoms with van der Waals surface area (Å²) in [5.74, 6) is 0.705. The van der Waals surface area contributed by atoms with E-state index in [1.54, 1.807) is 0 Å². The van der Waals surface area contributed by atoms with Crippen LogP contribution in [0.4, 0.5) is 0 Å². The number of aliphatic hydroxyl groups is 1. The summed E-state index contributed by atoms with van der Waals surface area (Å²) in [6.45, 7) is 5.59. The van der Waals surface area contributed by atoms with Crippen molar-refractivity contribution in [2.45, 2.75) is 45.6 Å². The molecule has 0 saturated heterocycles. The van der Waals surface area contributed by atoms with E-state index >= 15 is 0 Å². The van der Waals surface area contributed by atoms with Crippen LogP contribution in [-0.2, 0) is 4.79 Å². The fourth-order valence-corrected chi connectivity index (χ4v) is 2.06. The quantitative estimate of drug-likeness (QED) is 0.663. The van der Waals surface area contributed by atoms with Gasteiger partial charge in [0.05, 0.1) is 13.2 Å². The minimum Gasteiger partial charge on any atom is -0.395 e. The molecule has 0 bridgehead atoms. The van der Waals surface area contributed by atoms with Crippen molar-refractivity contribution < 1.29 is 9.90 Å². The summed E-state index contributed by atoms with van der Waals surface area (Å²) in [5, 5.41) is 8.99. The van der Waals surface area contributed by atoms with Gasteiger partial charge < -0.3 is 5.11 Å². The number of Topliss-reactive ketones (excluding diaryl/α,β-unsaturated/α-hetero) is 1. The second-order valence-corrected chi connectivity index (χ2v) is 4.40. The molecule has 15 heavy (non-hydrogen) atoms. The molecule has 0 aromatic rings. The number of carbonyl (C=O) groups excluding carboxylic acids is 1. The molecule has 1 aliphatic rings. The zero-order valence-electron chi connectivity index (χ0n) is 9.91. The Bertz CT molecular complexity index is 198. The minimum atomic E-state index is 0.147. The third-order valence-electron chi connectivity index (χ3n) is 3.24. The summed E-state index contributed by atoms with van der Waals surface area (Å²) < 4.78 is 0. The Balaban J connectivity index is 2.43. The predicted molar refractivity (Wildman–Crippen MR) is 60.8 cm³/mol. The van der Waals surface area contributed by atoms with Gasteiger partial charge in [0.15, 0.2) is 0 Å². The molecule has 1 saturated carbocycles. The molecule has 1 rings (SSSR count). The number of rotatable bonds is 8. The topological polar surface area (TPSA) is 40.5 Å². The summed E-state index contributed by atoms with van der Waals surface area (Å²) in [6.07, 6.45) is 4.26. The molecule has 0 spiro atoms. The number of nitrogens with zero attached hydrogens (tertiary/aromatic N) is 1. The van der Waals surface area contributed by atoms with Gasteiger partial charge in [-0.15, -0.1) is 0 Å². The van der Waals surface area contributed by atoms with Gasteiger partial charge in [0.1, 0.15) is 5.78 Å². The van der Waals surface area contributed by atoms with E-state index in [0.29, 0.717) is 30.8 Å². The lowest BCUT2D eigenvalue weighted by molar-refractivity contribution is -0.122. The maximum Gasteiger partial charge on any atom is 0.149 e. The normalized spacial score (nSPS) is 16.3. The predicted octanol–water partition coefficient (Wildman–Crippen LogP) is 1.45. The minimum absolute atomic E-state index is 0.147. The maximum absolute atomic E-state index is 11.7. The molecule has 3 heteroatoms. The van der Waals surface area contributed by atoms with Gasteiger partial charge in [0, 0.05) is 18.5 Å². The summed E-state index contributed by atoms with van der Waals surface area (Å²) >= 11 is 0. The second kappa shape index (κ2) is 6.23. The van der Waals surface area contributed by atoms with Gasteiger partial charge in [0.2, 0.25) is 0 Å². The van der Waals surface area contributed by atoms with E-state index < -0.39 is 0 Å². The summed E-state index contributed by atoms with van der Waals surface area (Å²) in [7, 11) is 0. The third-order valence-corrected chi connectivity index (χ3v) is 3.24. The molecule has 1 aliphatic carbocycles. The SMILES string of the molecule is CCC(CC)N(CCO)CC(=O)C1CC1. The van der Waals surface area contributed by atoms with Gasteiger partial charge in [-0.2, -0.15) is 0 Å². The number of hydrogen-bond acceptors (Lipinski definition) is 3. The standard InChI is InChI=1S/C12H23NO2/c1-3-11(4-2)13(7-8-14)9-12(15)10-5-6-10/h10-11,14H,3-9H2,1-2H3. The first-order valence-corrected chi connectivity index (χ1v) is 6.10. The van der Waals surface area contributed by atoms with Crippen molar-refractivity contribution in [2.75, 3.05) is 19.7 Å². The molecule has 3 nitrogen and oxygen atoms in total. The summed E-state index contributed by atoms with van der Waals surface area (Å²) in [6, 6.07) is 0.444. The van der Waals surface area contributed by atoms with Crippen LogP contribution < -0.4 is 0 Å². The van der Waals surface area contributed by atoms with Crippen molar-refractivity contribution in [2.24, 2.45) is 5.92 Å². The highest BCUT2D eigenvalue weighted by molar-refractivity contribution is 5.85. The van der Waals surface area contributed by atoms with Crippen LogP contribution in [0.3, 0.4) is 0 Å². The van der Waals surface area contributed by atoms with Gasteiger partial charge in [-0.25, -0.2) is 0 Å².